The molecule has 0 aliphatic carbocycles. The lowest BCUT2D eigenvalue weighted by atomic mass is 10.1. The molecule has 1 N–H and O–H groups in total. The molecule has 0 bridgehead atoms. The Bertz CT molecular complexity index is 821. The summed E-state index contributed by atoms with van der Waals surface area (Å²) < 4.78 is 6.89. The standard InChI is InChI=1S/C20H28N6O2.HI/c1-21-20(22-10-4-5-16-6-8-18(28-3)9-7-16)25-11-12-26(19(27)15-25)17-13-23-24(2)14-17;/h6-9,13-14H,4-5,10-12,15H2,1-3H3,(H,21,22);1H. The number of amides is 1. The van der Waals surface area contributed by atoms with Gasteiger partial charge in [-0.15, -0.1) is 24.0 Å². The highest BCUT2D eigenvalue weighted by Crippen LogP contribution is 2.16. The molecule has 0 unspecified atom stereocenters. The lowest BCUT2D eigenvalue weighted by Gasteiger charge is -2.35. The van der Waals surface area contributed by atoms with E-state index in [0.29, 0.717) is 13.1 Å². The Morgan fingerprint density at radius 2 is 2.03 bits per heavy atom. The summed E-state index contributed by atoms with van der Waals surface area (Å²) >= 11 is 0. The molecule has 2 heterocycles. The van der Waals surface area contributed by atoms with Crippen LogP contribution < -0.4 is 15.0 Å². The molecule has 1 aromatic carbocycles. The molecule has 2 aromatic rings. The van der Waals surface area contributed by atoms with Gasteiger partial charge in [0.1, 0.15) is 12.3 Å². The normalized spacial score (nSPS) is 14.6. The highest BCUT2D eigenvalue weighted by atomic mass is 127. The average Bonchev–Trinajstić information content (AvgIpc) is 3.14. The fourth-order valence-corrected chi connectivity index (χ4v) is 3.29. The molecule has 29 heavy (non-hydrogen) atoms. The van der Waals surface area contributed by atoms with Crippen LogP contribution in [0.1, 0.15) is 12.0 Å². The van der Waals surface area contributed by atoms with Gasteiger partial charge in [-0.05, 0) is 30.5 Å². The van der Waals surface area contributed by atoms with E-state index in [0.717, 1.165) is 43.3 Å². The van der Waals surface area contributed by atoms with Gasteiger partial charge in [0.15, 0.2) is 5.96 Å². The number of rotatable bonds is 6. The number of guanidine groups is 1. The Morgan fingerprint density at radius 1 is 1.28 bits per heavy atom. The fourth-order valence-electron chi connectivity index (χ4n) is 3.29. The molecule has 1 aromatic heterocycles. The zero-order valence-corrected chi connectivity index (χ0v) is 19.5. The summed E-state index contributed by atoms with van der Waals surface area (Å²) in [4.78, 5) is 20.7. The summed E-state index contributed by atoms with van der Waals surface area (Å²) in [7, 11) is 5.28. The first-order valence-electron chi connectivity index (χ1n) is 9.48. The van der Waals surface area contributed by atoms with Gasteiger partial charge in [0.2, 0.25) is 5.91 Å². The smallest absolute Gasteiger partial charge is 0.246 e. The molecule has 0 spiro atoms. The van der Waals surface area contributed by atoms with Crippen molar-refractivity contribution in [2.45, 2.75) is 12.8 Å². The molecule has 3 rings (SSSR count). The van der Waals surface area contributed by atoms with E-state index in [9.17, 15) is 4.79 Å². The summed E-state index contributed by atoms with van der Waals surface area (Å²) in [6.45, 7) is 2.47. The van der Waals surface area contributed by atoms with Gasteiger partial charge in [-0.25, -0.2) is 0 Å². The summed E-state index contributed by atoms with van der Waals surface area (Å²) in [5.41, 5.74) is 2.12. The molecular weight excluding hydrogens is 483 g/mol. The molecule has 1 aliphatic heterocycles. The molecule has 0 saturated carbocycles. The third-order valence-corrected chi connectivity index (χ3v) is 4.82. The quantitative estimate of drug-likeness (QED) is 0.277. The maximum atomic E-state index is 12.6. The Morgan fingerprint density at radius 3 is 2.62 bits per heavy atom. The van der Waals surface area contributed by atoms with E-state index in [1.54, 1.807) is 29.9 Å². The van der Waals surface area contributed by atoms with Gasteiger partial charge >= 0.3 is 0 Å². The van der Waals surface area contributed by atoms with Crippen molar-refractivity contribution in [3.63, 3.8) is 0 Å². The van der Waals surface area contributed by atoms with Crippen LogP contribution in [0, 0.1) is 0 Å². The van der Waals surface area contributed by atoms with Crippen molar-refractivity contribution in [3.8, 4) is 5.75 Å². The molecular formula is C20H29IN6O2. The van der Waals surface area contributed by atoms with Crippen molar-refractivity contribution in [1.82, 2.24) is 20.0 Å². The van der Waals surface area contributed by atoms with Crippen LogP contribution in [-0.2, 0) is 18.3 Å². The zero-order valence-electron chi connectivity index (χ0n) is 17.2. The molecule has 9 heteroatoms. The van der Waals surface area contributed by atoms with Crippen LogP contribution in [-0.4, -0.2) is 66.9 Å². The number of anilines is 1. The Kier molecular flexibility index (Phi) is 8.74. The molecule has 1 amide bonds. The third-order valence-electron chi connectivity index (χ3n) is 4.82. The van der Waals surface area contributed by atoms with Crippen LogP contribution in [0.25, 0.3) is 0 Å². The summed E-state index contributed by atoms with van der Waals surface area (Å²) in [6.07, 6.45) is 5.54. The van der Waals surface area contributed by atoms with Gasteiger partial charge in [0.25, 0.3) is 0 Å². The number of piperazine rings is 1. The molecule has 0 atom stereocenters. The first-order valence-corrected chi connectivity index (χ1v) is 9.48. The lowest BCUT2D eigenvalue weighted by Crippen LogP contribution is -2.55. The van der Waals surface area contributed by atoms with Crippen LogP contribution in [0.3, 0.4) is 0 Å². The van der Waals surface area contributed by atoms with Crippen LogP contribution in [0.4, 0.5) is 5.69 Å². The Labute approximate surface area is 188 Å². The number of aryl methyl sites for hydroxylation is 2. The van der Waals surface area contributed by atoms with E-state index in [4.69, 9.17) is 4.74 Å². The molecule has 0 radical (unpaired) electrons. The van der Waals surface area contributed by atoms with Crippen molar-refractivity contribution in [2.75, 3.05) is 45.2 Å². The monoisotopic (exact) mass is 512 g/mol. The van der Waals surface area contributed by atoms with Crippen molar-refractivity contribution < 1.29 is 9.53 Å². The molecule has 8 nitrogen and oxygen atoms in total. The second-order valence-electron chi connectivity index (χ2n) is 6.76. The minimum atomic E-state index is 0. The van der Waals surface area contributed by atoms with Gasteiger partial charge in [0, 0.05) is 39.9 Å². The number of nitrogens with one attached hydrogen (secondary N) is 1. The number of benzene rings is 1. The van der Waals surface area contributed by atoms with Crippen LogP contribution in [0.15, 0.2) is 41.7 Å². The SMILES string of the molecule is CN=C(NCCCc1ccc(OC)cc1)N1CCN(c2cnn(C)c2)C(=O)C1.I. The first kappa shape index (κ1) is 23.0. The van der Waals surface area contributed by atoms with Crippen LogP contribution in [0.5, 0.6) is 5.75 Å². The highest BCUT2D eigenvalue weighted by Gasteiger charge is 2.27. The van der Waals surface area contributed by atoms with Crippen LogP contribution in [0.2, 0.25) is 0 Å². The van der Waals surface area contributed by atoms with E-state index >= 15 is 0 Å². The van der Waals surface area contributed by atoms with Gasteiger partial charge in [-0.3, -0.25) is 14.5 Å². The first-order chi connectivity index (χ1) is 13.6. The van der Waals surface area contributed by atoms with E-state index < -0.39 is 0 Å². The molecule has 1 fully saturated rings. The topological polar surface area (TPSA) is 75.0 Å². The minimum absolute atomic E-state index is 0. The second-order valence-corrected chi connectivity index (χ2v) is 6.76. The zero-order chi connectivity index (χ0) is 19.9. The lowest BCUT2D eigenvalue weighted by molar-refractivity contribution is -0.120. The average molecular weight is 512 g/mol. The number of carbonyl (C=O) groups is 1. The number of aromatic nitrogens is 2. The van der Waals surface area contributed by atoms with E-state index in [1.165, 1.54) is 5.56 Å². The molecule has 1 saturated heterocycles. The van der Waals surface area contributed by atoms with E-state index in [1.807, 2.05) is 30.3 Å². The predicted octanol–water partition coefficient (Wildman–Crippen LogP) is 1.90. The number of carbonyl (C=O) groups excluding carboxylic acids is 1. The van der Waals surface area contributed by atoms with Gasteiger partial charge in [0.05, 0.1) is 19.0 Å². The number of hydrogen-bond donors (Lipinski definition) is 1. The molecule has 158 valence electrons. The predicted molar refractivity (Wildman–Crippen MR) is 125 cm³/mol. The van der Waals surface area contributed by atoms with Crippen molar-refractivity contribution >= 4 is 41.5 Å². The number of aliphatic imine (C=N–C) groups is 1. The van der Waals surface area contributed by atoms with Gasteiger partial charge in [-0.2, -0.15) is 5.10 Å². The Hall–Kier alpha value is -2.30. The van der Waals surface area contributed by atoms with Crippen molar-refractivity contribution in [1.29, 1.82) is 0 Å². The molecule has 1 aliphatic rings. The van der Waals surface area contributed by atoms with E-state index in [2.05, 4.69) is 27.5 Å². The maximum absolute atomic E-state index is 12.6. The Balaban J connectivity index is 0.00000300. The van der Waals surface area contributed by atoms with Crippen molar-refractivity contribution in [3.05, 3.63) is 42.2 Å². The second kappa shape index (κ2) is 11.0. The van der Waals surface area contributed by atoms with Crippen molar-refractivity contribution in [2.24, 2.45) is 12.0 Å². The number of ether oxygens (including phenoxy) is 1. The summed E-state index contributed by atoms with van der Waals surface area (Å²) in [6, 6.07) is 8.14. The largest absolute Gasteiger partial charge is 0.497 e. The highest BCUT2D eigenvalue weighted by molar-refractivity contribution is 14.0. The number of nitrogens with zero attached hydrogens (tertiary/aromatic N) is 5. The van der Waals surface area contributed by atoms with Crippen LogP contribution >= 0.6 is 24.0 Å². The summed E-state index contributed by atoms with van der Waals surface area (Å²) in [5, 5.41) is 7.52. The minimum Gasteiger partial charge on any atom is -0.497 e. The summed E-state index contributed by atoms with van der Waals surface area (Å²) in [5.74, 6) is 1.70. The number of methoxy groups -OCH3 is 1. The fraction of sp³-hybridized carbons (Fsp3) is 0.450. The third kappa shape index (κ3) is 6.09. The van der Waals surface area contributed by atoms with Gasteiger partial charge in [-0.1, -0.05) is 12.1 Å². The maximum Gasteiger partial charge on any atom is 0.246 e. The van der Waals surface area contributed by atoms with E-state index in [-0.39, 0.29) is 29.9 Å². The number of halogens is 1. The number of hydrogen-bond acceptors (Lipinski definition) is 4. The van der Waals surface area contributed by atoms with Gasteiger partial charge < -0.3 is 19.9 Å².